The van der Waals surface area contributed by atoms with Crippen LogP contribution in [0.4, 0.5) is 14.5 Å². The SMILES string of the molecule is NC(=O)C1(C(=O)Nc2ccc(OCc3ccc(F)cc3)cc2F)CC1. The highest BCUT2D eigenvalue weighted by atomic mass is 19.1. The number of benzene rings is 2. The molecule has 1 saturated carbocycles. The summed E-state index contributed by atoms with van der Waals surface area (Å²) in [5.41, 5.74) is 4.68. The van der Waals surface area contributed by atoms with Gasteiger partial charge in [0.05, 0.1) is 5.69 Å². The molecule has 3 N–H and O–H groups in total. The van der Waals surface area contributed by atoms with Crippen LogP contribution >= 0.6 is 0 Å². The molecule has 5 nitrogen and oxygen atoms in total. The van der Waals surface area contributed by atoms with Gasteiger partial charge >= 0.3 is 0 Å². The number of anilines is 1. The van der Waals surface area contributed by atoms with Crippen LogP contribution in [0.15, 0.2) is 42.5 Å². The van der Waals surface area contributed by atoms with Crippen molar-refractivity contribution >= 4 is 17.5 Å². The zero-order valence-corrected chi connectivity index (χ0v) is 13.2. The van der Waals surface area contributed by atoms with E-state index in [0.29, 0.717) is 12.8 Å². The molecular weight excluding hydrogens is 330 g/mol. The van der Waals surface area contributed by atoms with Crippen molar-refractivity contribution in [2.24, 2.45) is 11.1 Å². The van der Waals surface area contributed by atoms with Gasteiger partial charge in [-0.2, -0.15) is 0 Å². The van der Waals surface area contributed by atoms with Crippen molar-refractivity contribution in [3.05, 3.63) is 59.7 Å². The molecule has 0 aromatic heterocycles. The molecule has 3 rings (SSSR count). The Morgan fingerprint density at radius 2 is 1.80 bits per heavy atom. The van der Waals surface area contributed by atoms with Gasteiger partial charge in [0, 0.05) is 6.07 Å². The van der Waals surface area contributed by atoms with Crippen molar-refractivity contribution in [2.45, 2.75) is 19.4 Å². The van der Waals surface area contributed by atoms with Gasteiger partial charge in [0.1, 0.15) is 29.4 Å². The van der Waals surface area contributed by atoms with E-state index >= 15 is 0 Å². The van der Waals surface area contributed by atoms with E-state index in [1.165, 1.54) is 24.3 Å². The number of primary amides is 1. The zero-order chi connectivity index (χ0) is 18.0. The van der Waals surface area contributed by atoms with E-state index in [4.69, 9.17) is 10.5 Å². The number of hydrogen-bond acceptors (Lipinski definition) is 3. The summed E-state index contributed by atoms with van der Waals surface area (Å²) < 4.78 is 32.4. The highest BCUT2D eigenvalue weighted by Crippen LogP contribution is 2.46. The monoisotopic (exact) mass is 346 g/mol. The molecule has 2 aromatic carbocycles. The molecule has 0 spiro atoms. The van der Waals surface area contributed by atoms with Crippen LogP contribution < -0.4 is 15.8 Å². The molecule has 1 aliphatic carbocycles. The van der Waals surface area contributed by atoms with Crippen LogP contribution in [-0.2, 0) is 16.2 Å². The Kier molecular flexibility index (Phi) is 4.39. The Morgan fingerprint density at radius 3 is 2.36 bits per heavy atom. The second kappa shape index (κ2) is 6.51. The third kappa shape index (κ3) is 3.60. The van der Waals surface area contributed by atoms with Gasteiger partial charge < -0.3 is 15.8 Å². The average Bonchev–Trinajstić information content (AvgIpc) is 3.38. The number of nitrogens with one attached hydrogen (secondary N) is 1. The predicted octanol–water partition coefficient (Wildman–Crippen LogP) is 2.75. The van der Waals surface area contributed by atoms with Crippen molar-refractivity contribution in [1.29, 1.82) is 0 Å². The van der Waals surface area contributed by atoms with Gasteiger partial charge in [-0.25, -0.2) is 8.78 Å². The number of rotatable bonds is 6. The first-order chi connectivity index (χ1) is 11.9. The lowest BCUT2D eigenvalue weighted by Gasteiger charge is -2.13. The summed E-state index contributed by atoms with van der Waals surface area (Å²) in [5, 5.41) is 2.39. The summed E-state index contributed by atoms with van der Waals surface area (Å²) in [5.74, 6) is -2.08. The maximum Gasteiger partial charge on any atom is 0.240 e. The molecule has 0 heterocycles. The number of carbonyl (C=O) groups excluding carboxylic acids is 2. The average molecular weight is 346 g/mol. The van der Waals surface area contributed by atoms with E-state index in [0.717, 1.165) is 11.6 Å². The molecule has 0 bridgehead atoms. The van der Waals surface area contributed by atoms with Gasteiger partial charge in [0.15, 0.2) is 0 Å². The maximum atomic E-state index is 14.1. The first kappa shape index (κ1) is 16.9. The summed E-state index contributed by atoms with van der Waals surface area (Å²) in [7, 11) is 0. The van der Waals surface area contributed by atoms with Gasteiger partial charge in [-0.1, -0.05) is 12.1 Å². The van der Waals surface area contributed by atoms with Crippen LogP contribution in [0.25, 0.3) is 0 Å². The Morgan fingerprint density at radius 1 is 1.12 bits per heavy atom. The molecule has 1 fully saturated rings. The Hall–Kier alpha value is -2.96. The number of hydrogen-bond donors (Lipinski definition) is 2. The summed E-state index contributed by atoms with van der Waals surface area (Å²) in [6.45, 7) is 0.149. The van der Waals surface area contributed by atoms with Gasteiger partial charge in [-0.05, 0) is 42.7 Å². The van der Waals surface area contributed by atoms with E-state index in [1.807, 2.05) is 0 Å². The molecule has 0 aliphatic heterocycles. The van der Waals surface area contributed by atoms with Crippen LogP contribution in [-0.4, -0.2) is 11.8 Å². The fourth-order valence-corrected chi connectivity index (χ4v) is 2.39. The lowest BCUT2D eigenvalue weighted by Crippen LogP contribution is -2.36. The minimum absolute atomic E-state index is 0.0494. The smallest absolute Gasteiger partial charge is 0.240 e. The Balaban J connectivity index is 1.63. The molecule has 130 valence electrons. The number of carbonyl (C=O) groups is 2. The van der Waals surface area contributed by atoms with Gasteiger partial charge in [0.25, 0.3) is 0 Å². The van der Waals surface area contributed by atoms with Gasteiger partial charge in [0.2, 0.25) is 11.8 Å². The first-order valence-electron chi connectivity index (χ1n) is 7.69. The van der Waals surface area contributed by atoms with Crippen molar-refractivity contribution in [3.8, 4) is 5.75 Å². The zero-order valence-electron chi connectivity index (χ0n) is 13.2. The second-order valence-electron chi connectivity index (χ2n) is 5.96. The van der Waals surface area contributed by atoms with Crippen molar-refractivity contribution < 1.29 is 23.1 Å². The Bertz CT molecular complexity index is 818. The maximum absolute atomic E-state index is 14.1. The van der Waals surface area contributed by atoms with Crippen molar-refractivity contribution in [2.75, 3.05) is 5.32 Å². The van der Waals surface area contributed by atoms with E-state index in [1.54, 1.807) is 12.1 Å². The van der Waals surface area contributed by atoms with Gasteiger partial charge in [-0.3, -0.25) is 9.59 Å². The quantitative estimate of drug-likeness (QED) is 0.789. The normalized spacial score (nSPS) is 14.6. The highest BCUT2D eigenvalue weighted by molar-refractivity contribution is 6.12. The molecule has 0 saturated heterocycles. The van der Waals surface area contributed by atoms with Crippen LogP contribution in [0.5, 0.6) is 5.75 Å². The fourth-order valence-electron chi connectivity index (χ4n) is 2.39. The largest absolute Gasteiger partial charge is 0.489 e. The van der Waals surface area contributed by atoms with E-state index < -0.39 is 23.0 Å². The fraction of sp³-hybridized carbons (Fsp3) is 0.222. The summed E-state index contributed by atoms with van der Waals surface area (Å²) in [6, 6.07) is 9.73. The van der Waals surface area contributed by atoms with Crippen molar-refractivity contribution in [1.82, 2.24) is 0 Å². The molecular formula is C18H16F2N2O3. The van der Waals surface area contributed by atoms with Crippen LogP contribution in [0.3, 0.4) is 0 Å². The summed E-state index contributed by atoms with van der Waals surface area (Å²) >= 11 is 0. The molecule has 1 aliphatic rings. The summed E-state index contributed by atoms with van der Waals surface area (Å²) in [6.07, 6.45) is 0.739. The first-order valence-corrected chi connectivity index (χ1v) is 7.69. The minimum atomic E-state index is -1.22. The summed E-state index contributed by atoms with van der Waals surface area (Å²) in [4.78, 5) is 23.4. The molecule has 2 aromatic rings. The van der Waals surface area contributed by atoms with E-state index in [-0.39, 0.29) is 23.9 Å². The number of nitrogens with two attached hydrogens (primary N) is 1. The number of amides is 2. The lowest BCUT2D eigenvalue weighted by molar-refractivity contribution is -0.132. The number of halogens is 2. The molecule has 7 heteroatoms. The van der Waals surface area contributed by atoms with Crippen LogP contribution in [0, 0.1) is 17.0 Å². The minimum Gasteiger partial charge on any atom is -0.489 e. The lowest BCUT2D eigenvalue weighted by atomic mass is 10.1. The molecule has 0 unspecified atom stereocenters. The molecule has 2 amide bonds. The third-order valence-electron chi connectivity index (χ3n) is 4.16. The molecule has 25 heavy (non-hydrogen) atoms. The van der Waals surface area contributed by atoms with Crippen LogP contribution in [0.2, 0.25) is 0 Å². The second-order valence-corrected chi connectivity index (χ2v) is 5.96. The van der Waals surface area contributed by atoms with E-state index in [9.17, 15) is 18.4 Å². The van der Waals surface area contributed by atoms with Crippen molar-refractivity contribution in [3.63, 3.8) is 0 Å². The Labute approximate surface area is 142 Å². The standard InChI is InChI=1S/C18H16F2N2O3/c19-12-3-1-11(2-4-12)10-25-13-5-6-15(14(20)9-13)22-17(24)18(7-8-18)16(21)23/h1-6,9H,7-8,10H2,(H2,21,23)(H,22,24). The predicted molar refractivity (Wildman–Crippen MR) is 86.6 cm³/mol. The topological polar surface area (TPSA) is 81.4 Å². The number of ether oxygens (including phenoxy) is 1. The highest BCUT2D eigenvalue weighted by Gasteiger charge is 2.55. The van der Waals surface area contributed by atoms with E-state index in [2.05, 4.69) is 5.32 Å². The third-order valence-corrected chi connectivity index (χ3v) is 4.16. The molecule has 0 atom stereocenters. The molecule has 0 radical (unpaired) electrons. The van der Waals surface area contributed by atoms with Gasteiger partial charge in [-0.15, -0.1) is 0 Å². The van der Waals surface area contributed by atoms with Crippen LogP contribution in [0.1, 0.15) is 18.4 Å².